The second kappa shape index (κ2) is 10.4. The van der Waals surface area contributed by atoms with Crippen molar-refractivity contribution in [2.75, 3.05) is 6.79 Å². The number of nitrogens with one attached hydrogen (secondary N) is 1. The van der Waals surface area contributed by atoms with Crippen molar-refractivity contribution in [3.63, 3.8) is 0 Å². The predicted molar refractivity (Wildman–Crippen MR) is 147 cm³/mol. The number of amides is 1. The highest BCUT2D eigenvalue weighted by atomic mass is 16.7. The lowest BCUT2D eigenvalue weighted by Gasteiger charge is -2.16. The Morgan fingerprint density at radius 1 is 0.919 bits per heavy atom. The van der Waals surface area contributed by atoms with Crippen LogP contribution in [0.3, 0.4) is 0 Å². The van der Waals surface area contributed by atoms with Crippen molar-refractivity contribution in [2.45, 2.75) is 64.8 Å². The summed E-state index contributed by atoms with van der Waals surface area (Å²) in [5.74, 6) is 1.93. The molecule has 2 aliphatic rings. The topological polar surface area (TPSA) is 64.6 Å². The number of hydrogen-bond donors (Lipinski definition) is 1. The molecule has 194 valence electrons. The molecule has 1 amide bonds. The number of aryl methyl sites for hydroxylation is 1. The summed E-state index contributed by atoms with van der Waals surface area (Å²) in [7, 11) is 0. The van der Waals surface area contributed by atoms with Gasteiger partial charge in [-0.15, -0.1) is 0 Å². The van der Waals surface area contributed by atoms with Crippen LogP contribution in [0, 0.1) is 12.8 Å². The molecule has 0 bridgehead atoms. The molecule has 37 heavy (non-hydrogen) atoms. The van der Waals surface area contributed by atoms with Crippen LogP contribution < -0.4 is 14.8 Å². The van der Waals surface area contributed by atoms with E-state index >= 15 is 0 Å². The van der Waals surface area contributed by atoms with E-state index in [0.717, 1.165) is 65.0 Å². The van der Waals surface area contributed by atoms with Gasteiger partial charge in [-0.05, 0) is 78.1 Å². The molecule has 5 heteroatoms. The maximum absolute atomic E-state index is 13.5. The molecule has 5 rings (SSSR count). The Balaban J connectivity index is 0.00000336. The van der Waals surface area contributed by atoms with Crippen LogP contribution in [-0.2, 0) is 28.0 Å². The fourth-order valence-electron chi connectivity index (χ4n) is 5.29. The van der Waals surface area contributed by atoms with Gasteiger partial charge in [-0.2, -0.15) is 0 Å². The maximum Gasteiger partial charge on any atom is 0.231 e. The average Bonchev–Trinajstić information content (AvgIpc) is 3.60. The highest BCUT2D eigenvalue weighted by Gasteiger charge is 2.50. The summed E-state index contributed by atoms with van der Waals surface area (Å²) in [6.45, 7) is 6.97. The molecular weight excluding hydrogens is 462 g/mol. The minimum atomic E-state index is -0.410. The molecule has 3 aromatic carbocycles. The first-order valence-electron chi connectivity index (χ1n) is 13.3. The molecule has 0 spiro atoms. The van der Waals surface area contributed by atoms with Gasteiger partial charge in [0.25, 0.3) is 0 Å². The first-order valence-corrected chi connectivity index (χ1v) is 13.3. The molecule has 0 atom stereocenters. The van der Waals surface area contributed by atoms with Gasteiger partial charge in [0.2, 0.25) is 12.7 Å². The number of Topliss-reactive ketones (excluding diaryl/α,β-unsaturated/α-hetero) is 1. The number of ether oxygens (including phenoxy) is 2. The smallest absolute Gasteiger partial charge is 0.231 e. The van der Waals surface area contributed by atoms with Gasteiger partial charge in [-0.25, -0.2) is 0 Å². The largest absolute Gasteiger partial charge is 0.454 e. The Morgan fingerprint density at radius 2 is 1.62 bits per heavy atom. The van der Waals surface area contributed by atoms with Crippen molar-refractivity contribution in [2.24, 2.45) is 5.92 Å². The Morgan fingerprint density at radius 3 is 2.32 bits per heavy atom. The molecule has 0 radical (unpaired) electrons. The van der Waals surface area contributed by atoms with E-state index in [4.69, 9.17) is 9.47 Å². The van der Waals surface area contributed by atoms with E-state index in [1.807, 2.05) is 18.2 Å². The van der Waals surface area contributed by atoms with Crippen LogP contribution in [0.5, 0.6) is 11.5 Å². The molecule has 1 aliphatic heterocycles. The summed E-state index contributed by atoms with van der Waals surface area (Å²) in [6, 6.07) is 20.5. The number of fused-ring (bicyclic) bond motifs is 1. The summed E-state index contributed by atoms with van der Waals surface area (Å²) < 4.78 is 11.0. The molecule has 0 saturated heterocycles. The average molecular weight is 500 g/mol. The second-order valence-electron chi connectivity index (χ2n) is 10.3. The van der Waals surface area contributed by atoms with Gasteiger partial charge in [-0.3, -0.25) is 9.59 Å². The number of rotatable bonds is 10. The first-order chi connectivity index (χ1) is 17.9. The van der Waals surface area contributed by atoms with E-state index in [0.29, 0.717) is 13.0 Å². The molecule has 1 fully saturated rings. The third-order valence-electron chi connectivity index (χ3n) is 7.96. The first kappa shape index (κ1) is 25.1. The number of benzene rings is 3. The molecule has 3 aromatic rings. The molecule has 0 unspecified atom stereocenters. The molecule has 5 nitrogen and oxygen atoms in total. The van der Waals surface area contributed by atoms with E-state index < -0.39 is 5.41 Å². The van der Waals surface area contributed by atoms with E-state index in [-0.39, 0.29) is 25.8 Å². The molecule has 1 aliphatic carbocycles. The Bertz CT molecular complexity index is 1310. The van der Waals surface area contributed by atoms with Gasteiger partial charge in [0.15, 0.2) is 11.5 Å². The van der Waals surface area contributed by atoms with E-state index in [2.05, 4.69) is 68.6 Å². The van der Waals surface area contributed by atoms with Gasteiger partial charge in [0.1, 0.15) is 5.78 Å². The van der Waals surface area contributed by atoms with Crippen molar-refractivity contribution in [1.82, 2.24) is 5.32 Å². The second-order valence-corrected chi connectivity index (χ2v) is 10.3. The third-order valence-corrected chi connectivity index (χ3v) is 7.96. The number of carbonyl (C=O) groups is 2. The van der Waals surface area contributed by atoms with Gasteiger partial charge in [-0.1, -0.05) is 62.4 Å². The van der Waals surface area contributed by atoms with Crippen molar-refractivity contribution in [1.29, 1.82) is 0 Å². The Labute approximate surface area is 220 Å². The van der Waals surface area contributed by atoms with Gasteiger partial charge in [0, 0.05) is 20.3 Å². The van der Waals surface area contributed by atoms with Crippen LogP contribution in [0.15, 0.2) is 60.7 Å². The highest BCUT2D eigenvalue weighted by Crippen LogP contribution is 2.51. The summed E-state index contributed by atoms with van der Waals surface area (Å²) in [5.41, 5.74) is 6.13. The third kappa shape index (κ3) is 5.13. The van der Waals surface area contributed by atoms with Crippen LogP contribution in [0.25, 0.3) is 11.1 Å². The maximum atomic E-state index is 13.5. The zero-order valence-electron chi connectivity index (χ0n) is 21.9. The van der Waals surface area contributed by atoms with Gasteiger partial charge >= 0.3 is 0 Å². The van der Waals surface area contributed by atoms with Crippen LogP contribution in [0.4, 0.5) is 0 Å². The van der Waals surface area contributed by atoms with Crippen LogP contribution in [0.2, 0.25) is 0 Å². The van der Waals surface area contributed by atoms with E-state index in [1.165, 1.54) is 5.56 Å². The summed E-state index contributed by atoms with van der Waals surface area (Å²) in [6.07, 6.45) is 3.87. The molecular formula is C32H37NO4. The SMILES string of the molecule is CCC(CC)C(=O)NCc1ccc(-c2cc(CC(=O)C3(c4ccc5c(c4)OCO5)CC3)ccc2C)cc1.[HH]. The lowest BCUT2D eigenvalue weighted by atomic mass is 9.87. The molecule has 1 N–H and O–H groups in total. The zero-order chi connectivity index (χ0) is 26.0. The minimum absolute atomic E-state index is 0. The Hall–Kier alpha value is -3.60. The lowest BCUT2D eigenvalue weighted by Crippen LogP contribution is -2.29. The van der Waals surface area contributed by atoms with Crippen LogP contribution in [0.1, 0.15) is 63.2 Å². The van der Waals surface area contributed by atoms with E-state index in [1.54, 1.807) is 0 Å². The summed E-state index contributed by atoms with van der Waals surface area (Å²) in [5, 5.41) is 3.06. The standard InChI is InChI=1S/C32H35NO4.H2/c1-4-24(5-2)31(35)33-19-22-8-10-25(11-9-22)27-16-23(7-6-21(27)3)17-30(34)32(14-15-32)26-12-13-28-29(18-26)37-20-36-28;/h6-13,16,18,24H,4-5,14-15,17,19-20H2,1-3H3,(H,33,35);1H. The van der Waals surface area contributed by atoms with Crippen molar-refractivity contribution in [3.8, 4) is 22.6 Å². The van der Waals surface area contributed by atoms with Crippen LogP contribution >= 0.6 is 0 Å². The Kier molecular flexibility index (Phi) is 7.05. The molecule has 0 aromatic heterocycles. The van der Waals surface area contributed by atoms with Gasteiger partial charge in [0.05, 0.1) is 5.41 Å². The summed E-state index contributed by atoms with van der Waals surface area (Å²) in [4.78, 5) is 25.8. The monoisotopic (exact) mass is 499 g/mol. The summed E-state index contributed by atoms with van der Waals surface area (Å²) >= 11 is 0. The molecule has 1 saturated carbocycles. The van der Waals surface area contributed by atoms with Gasteiger partial charge < -0.3 is 14.8 Å². The predicted octanol–water partition coefficient (Wildman–Crippen LogP) is 6.53. The fraction of sp³-hybridized carbons (Fsp3) is 0.375. The minimum Gasteiger partial charge on any atom is -0.454 e. The highest BCUT2D eigenvalue weighted by molar-refractivity contribution is 5.95. The van der Waals surface area contributed by atoms with Crippen molar-refractivity contribution >= 4 is 11.7 Å². The normalized spacial score (nSPS) is 15.0. The number of ketones is 1. The number of hydrogen-bond acceptors (Lipinski definition) is 4. The van der Waals surface area contributed by atoms with Crippen molar-refractivity contribution in [3.05, 3.63) is 82.9 Å². The molecule has 1 heterocycles. The fourth-order valence-corrected chi connectivity index (χ4v) is 5.29. The zero-order valence-corrected chi connectivity index (χ0v) is 21.9. The quantitative estimate of drug-likeness (QED) is 0.344. The number of carbonyl (C=O) groups excluding carboxylic acids is 2. The van der Waals surface area contributed by atoms with Crippen molar-refractivity contribution < 1.29 is 20.5 Å². The lowest BCUT2D eigenvalue weighted by molar-refractivity contribution is -0.125. The van der Waals surface area contributed by atoms with Crippen LogP contribution in [-0.4, -0.2) is 18.5 Å². The van der Waals surface area contributed by atoms with E-state index in [9.17, 15) is 9.59 Å².